The second-order valence-corrected chi connectivity index (χ2v) is 7.77. The van der Waals surface area contributed by atoms with Crippen molar-refractivity contribution < 1.29 is 9.53 Å². The average molecular weight is 375 g/mol. The molecule has 1 aromatic carbocycles. The van der Waals surface area contributed by atoms with Gasteiger partial charge in [0, 0.05) is 28.7 Å². The molecule has 0 aliphatic carbocycles. The van der Waals surface area contributed by atoms with Crippen molar-refractivity contribution in [3.8, 4) is 0 Å². The third-order valence-corrected chi connectivity index (χ3v) is 4.01. The zero-order chi connectivity index (χ0) is 18.3. The predicted molar refractivity (Wildman–Crippen MR) is 101 cm³/mol. The van der Waals surface area contributed by atoms with E-state index < -0.39 is 11.7 Å². The third-order valence-electron chi connectivity index (χ3n) is 3.44. The third kappa shape index (κ3) is 7.73. The predicted octanol–water partition coefficient (Wildman–Crippen LogP) is 5.34. The van der Waals surface area contributed by atoms with Crippen molar-refractivity contribution in [2.45, 2.75) is 65.1 Å². The Kier molecular flexibility index (Phi) is 8.34. The number of halogens is 2. The summed E-state index contributed by atoms with van der Waals surface area (Å²) in [7, 11) is 0. The number of benzene rings is 1. The second-order valence-electron chi connectivity index (χ2n) is 6.92. The van der Waals surface area contributed by atoms with Gasteiger partial charge < -0.3 is 15.4 Å². The molecule has 0 radical (unpaired) electrons. The number of amides is 1. The van der Waals surface area contributed by atoms with Gasteiger partial charge in [-0.3, -0.25) is 0 Å². The van der Waals surface area contributed by atoms with E-state index in [1.54, 1.807) is 6.07 Å². The number of carbonyl (C=O) groups is 1. The Bertz CT molecular complexity index is 544. The first kappa shape index (κ1) is 21.1. The Balaban J connectivity index is 2.63. The summed E-state index contributed by atoms with van der Waals surface area (Å²) in [6.07, 6.45) is 1.54. The Morgan fingerprint density at radius 2 is 1.96 bits per heavy atom. The van der Waals surface area contributed by atoms with Gasteiger partial charge in [0.2, 0.25) is 0 Å². The Morgan fingerprint density at radius 3 is 2.50 bits per heavy atom. The molecule has 0 spiro atoms. The van der Waals surface area contributed by atoms with Crippen LogP contribution in [0.4, 0.5) is 4.79 Å². The molecular formula is C18H28Cl2N2O2. The van der Waals surface area contributed by atoms with Crippen LogP contribution in [0.25, 0.3) is 0 Å². The summed E-state index contributed by atoms with van der Waals surface area (Å²) in [6, 6.07) is 5.67. The molecule has 0 fully saturated rings. The van der Waals surface area contributed by atoms with Gasteiger partial charge in [0.1, 0.15) is 5.60 Å². The lowest BCUT2D eigenvalue weighted by atomic mass is 10.1. The SMILES string of the molecule is CCCC(CNC(=O)OC(C)(C)C)NC(C)c1ccc(Cl)cc1Cl. The number of hydrogen-bond donors (Lipinski definition) is 2. The molecule has 1 aromatic rings. The van der Waals surface area contributed by atoms with Crippen LogP contribution < -0.4 is 10.6 Å². The zero-order valence-electron chi connectivity index (χ0n) is 15.1. The van der Waals surface area contributed by atoms with Crippen molar-refractivity contribution in [2.24, 2.45) is 0 Å². The quantitative estimate of drug-likeness (QED) is 0.677. The van der Waals surface area contributed by atoms with E-state index in [0.717, 1.165) is 18.4 Å². The zero-order valence-corrected chi connectivity index (χ0v) is 16.6. The average Bonchev–Trinajstić information content (AvgIpc) is 2.43. The fourth-order valence-corrected chi connectivity index (χ4v) is 2.98. The van der Waals surface area contributed by atoms with E-state index in [0.29, 0.717) is 16.6 Å². The molecule has 0 aliphatic rings. The van der Waals surface area contributed by atoms with Gasteiger partial charge in [0.15, 0.2) is 0 Å². The molecule has 2 atom stereocenters. The van der Waals surface area contributed by atoms with Gasteiger partial charge in [-0.1, -0.05) is 42.6 Å². The lowest BCUT2D eigenvalue weighted by molar-refractivity contribution is 0.0521. The van der Waals surface area contributed by atoms with Crippen molar-refractivity contribution in [1.82, 2.24) is 10.6 Å². The summed E-state index contributed by atoms with van der Waals surface area (Å²) >= 11 is 12.2. The van der Waals surface area contributed by atoms with Crippen molar-refractivity contribution in [2.75, 3.05) is 6.54 Å². The number of hydrogen-bond acceptors (Lipinski definition) is 3. The van der Waals surface area contributed by atoms with Crippen molar-refractivity contribution in [3.05, 3.63) is 33.8 Å². The highest BCUT2D eigenvalue weighted by atomic mass is 35.5. The summed E-state index contributed by atoms with van der Waals surface area (Å²) in [5, 5.41) is 7.60. The van der Waals surface area contributed by atoms with Gasteiger partial charge in [-0.15, -0.1) is 0 Å². The minimum Gasteiger partial charge on any atom is -0.444 e. The van der Waals surface area contributed by atoms with Crippen LogP contribution in [0.1, 0.15) is 59.1 Å². The molecule has 2 unspecified atom stereocenters. The van der Waals surface area contributed by atoms with E-state index in [-0.39, 0.29) is 12.1 Å². The van der Waals surface area contributed by atoms with Crippen LogP contribution in [-0.2, 0) is 4.74 Å². The van der Waals surface area contributed by atoms with E-state index >= 15 is 0 Å². The molecule has 0 saturated heterocycles. The van der Waals surface area contributed by atoms with Crippen molar-refractivity contribution >= 4 is 29.3 Å². The van der Waals surface area contributed by atoms with Crippen LogP contribution in [-0.4, -0.2) is 24.3 Å². The topological polar surface area (TPSA) is 50.4 Å². The monoisotopic (exact) mass is 374 g/mol. The van der Waals surface area contributed by atoms with Crippen LogP contribution in [0.2, 0.25) is 10.0 Å². The highest BCUT2D eigenvalue weighted by Crippen LogP contribution is 2.26. The highest BCUT2D eigenvalue weighted by Gasteiger charge is 2.19. The lowest BCUT2D eigenvalue weighted by Gasteiger charge is -2.25. The minimum absolute atomic E-state index is 0.0479. The Morgan fingerprint density at radius 1 is 1.29 bits per heavy atom. The van der Waals surface area contributed by atoms with Crippen LogP contribution in [0.15, 0.2) is 18.2 Å². The smallest absolute Gasteiger partial charge is 0.407 e. The summed E-state index contributed by atoms with van der Waals surface area (Å²) < 4.78 is 5.27. The van der Waals surface area contributed by atoms with Crippen LogP contribution >= 0.6 is 23.2 Å². The maximum Gasteiger partial charge on any atom is 0.407 e. The first-order valence-corrected chi connectivity index (χ1v) is 9.05. The van der Waals surface area contributed by atoms with Gasteiger partial charge >= 0.3 is 6.09 Å². The summed E-state index contributed by atoms with van der Waals surface area (Å²) in [6.45, 7) is 10.2. The normalized spacial score (nSPS) is 14.1. The molecule has 136 valence electrons. The largest absolute Gasteiger partial charge is 0.444 e. The van der Waals surface area contributed by atoms with Crippen molar-refractivity contribution in [1.29, 1.82) is 0 Å². The summed E-state index contributed by atoms with van der Waals surface area (Å²) in [4.78, 5) is 11.8. The van der Waals surface area contributed by atoms with Crippen LogP contribution in [0.3, 0.4) is 0 Å². The maximum absolute atomic E-state index is 11.8. The number of nitrogens with one attached hydrogen (secondary N) is 2. The molecule has 0 aliphatic heterocycles. The fraction of sp³-hybridized carbons (Fsp3) is 0.611. The van der Waals surface area contributed by atoms with E-state index in [2.05, 4.69) is 17.6 Å². The number of rotatable bonds is 7. The van der Waals surface area contributed by atoms with E-state index in [4.69, 9.17) is 27.9 Å². The molecular weight excluding hydrogens is 347 g/mol. The molecule has 0 aromatic heterocycles. The highest BCUT2D eigenvalue weighted by molar-refractivity contribution is 6.35. The standard InChI is InChI=1S/C18H28Cl2N2O2/c1-6-7-14(11-21-17(23)24-18(3,4)5)22-12(2)15-9-8-13(19)10-16(15)20/h8-10,12,14,22H,6-7,11H2,1-5H3,(H,21,23). The molecule has 0 saturated carbocycles. The van der Waals surface area contributed by atoms with Crippen LogP contribution in [0.5, 0.6) is 0 Å². The van der Waals surface area contributed by atoms with Gasteiger partial charge in [-0.2, -0.15) is 0 Å². The number of ether oxygens (including phenoxy) is 1. The Labute approximate surface area is 155 Å². The Hall–Kier alpha value is -0.970. The molecule has 1 amide bonds. The molecule has 6 heteroatoms. The van der Waals surface area contributed by atoms with E-state index in [1.165, 1.54) is 0 Å². The number of carbonyl (C=O) groups excluding carboxylic acids is 1. The molecule has 0 bridgehead atoms. The van der Waals surface area contributed by atoms with Crippen LogP contribution in [0, 0.1) is 0 Å². The first-order valence-electron chi connectivity index (χ1n) is 8.30. The molecule has 24 heavy (non-hydrogen) atoms. The molecule has 4 nitrogen and oxygen atoms in total. The van der Waals surface area contributed by atoms with Gasteiger partial charge in [-0.25, -0.2) is 4.79 Å². The van der Waals surface area contributed by atoms with Crippen molar-refractivity contribution in [3.63, 3.8) is 0 Å². The second kappa shape index (κ2) is 9.50. The van der Waals surface area contributed by atoms with Gasteiger partial charge in [-0.05, 0) is 51.8 Å². The summed E-state index contributed by atoms with van der Waals surface area (Å²) in [5.74, 6) is 0. The fourth-order valence-electron chi connectivity index (χ4n) is 2.41. The summed E-state index contributed by atoms with van der Waals surface area (Å²) in [5.41, 5.74) is 0.487. The lowest BCUT2D eigenvalue weighted by Crippen LogP contribution is -2.43. The van der Waals surface area contributed by atoms with Gasteiger partial charge in [0.05, 0.1) is 0 Å². The van der Waals surface area contributed by atoms with E-state index in [9.17, 15) is 4.79 Å². The molecule has 0 heterocycles. The first-order chi connectivity index (χ1) is 11.1. The molecule has 1 rings (SSSR count). The van der Waals surface area contributed by atoms with E-state index in [1.807, 2.05) is 39.8 Å². The maximum atomic E-state index is 11.8. The minimum atomic E-state index is -0.498. The number of alkyl carbamates (subject to hydrolysis) is 1. The molecule has 2 N–H and O–H groups in total. The van der Waals surface area contributed by atoms with Gasteiger partial charge in [0.25, 0.3) is 0 Å².